The van der Waals surface area contributed by atoms with Crippen molar-refractivity contribution in [3.05, 3.63) is 35.9 Å². The molecule has 2 heteroatoms. The molecule has 0 aromatic heterocycles. The molecular formula is C13H20N2. The first-order chi connectivity index (χ1) is 7.34. The second-order valence-electron chi connectivity index (χ2n) is 4.46. The lowest BCUT2D eigenvalue weighted by molar-refractivity contribution is 0.313. The zero-order chi connectivity index (χ0) is 10.5. The van der Waals surface area contributed by atoms with Crippen molar-refractivity contribution in [2.75, 3.05) is 19.6 Å². The lowest BCUT2D eigenvalue weighted by Gasteiger charge is -2.20. The minimum Gasteiger partial charge on any atom is -0.326 e. The molecule has 2 nitrogen and oxygen atoms in total. The molecule has 2 rings (SSSR count). The molecular weight excluding hydrogens is 184 g/mol. The van der Waals surface area contributed by atoms with E-state index < -0.39 is 0 Å². The van der Waals surface area contributed by atoms with Crippen LogP contribution in [0.15, 0.2) is 30.3 Å². The van der Waals surface area contributed by atoms with E-state index in [1.807, 2.05) is 0 Å². The summed E-state index contributed by atoms with van der Waals surface area (Å²) < 4.78 is 0. The van der Waals surface area contributed by atoms with Gasteiger partial charge in [0.15, 0.2) is 0 Å². The van der Waals surface area contributed by atoms with Gasteiger partial charge in [0, 0.05) is 12.6 Å². The Morgan fingerprint density at radius 3 is 2.47 bits per heavy atom. The van der Waals surface area contributed by atoms with Gasteiger partial charge in [-0.3, -0.25) is 0 Å². The molecule has 2 N–H and O–H groups in total. The molecule has 82 valence electrons. The number of likely N-dealkylation sites (tertiary alicyclic amines) is 1. The highest BCUT2D eigenvalue weighted by atomic mass is 15.1. The van der Waals surface area contributed by atoms with Gasteiger partial charge in [-0.25, -0.2) is 0 Å². The molecule has 0 spiro atoms. The predicted molar refractivity (Wildman–Crippen MR) is 63.8 cm³/mol. The van der Waals surface area contributed by atoms with E-state index in [1.165, 1.54) is 31.5 Å². The maximum absolute atomic E-state index is 6.14. The van der Waals surface area contributed by atoms with E-state index in [2.05, 4.69) is 35.2 Å². The van der Waals surface area contributed by atoms with Crippen molar-refractivity contribution in [1.82, 2.24) is 4.90 Å². The van der Waals surface area contributed by atoms with E-state index in [4.69, 9.17) is 5.73 Å². The van der Waals surface area contributed by atoms with Crippen molar-refractivity contribution >= 4 is 0 Å². The van der Waals surface area contributed by atoms with Crippen molar-refractivity contribution in [2.45, 2.75) is 25.3 Å². The van der Waals surface area contributed by atoms with Gasteiger partial charge < -0.3 is 10.6 Å². The number of nitrogens with two attached hydrogens (primary N) is 1. The Morgan fingerprint density at radius 2 is 1.80 bits per heavy atom. The molecule has 1 aromatic rings. The minimum absolute atomic E-state index is 0.283. The van der Waals surface area contributed by atoms with Gasteiger partial charge in [0.2, 0.25) is 0 Å². The molecule has 0 saturated carbocycles. The zero-order valence-corrected chi connectivity index (χ0v) is 9.23. The highest BCUT2D eigenvalue weighted by Gasteiger charge is 2.14. The molecule has 1 fully saturated rings. The lowest BCUT2D eigenvalue weighted by Crippen LogP contribution is -2.37. The van der Waals surface area contributed by atoms with Gasteiger partial charge in [-0.2, -0.15) is 0 Å². The Hall–Kier alpha value is -0.860. The van der Waals surface area contributed by atoms with Gasteiger partial charge in [0.25, 0.3) is 0 Å². The maximum atomic E-state index is 6.14. The van der Waals surface area contributed by atoms with Crippen LogP contribution in [0.3, 0.4) is 0 Å². The highest BCUT2D eigenvalue weighted by Crippen LogP contribution is 2.09. The molecule has 15 heavy (non-hydrogen) atoms. The number of hydrogen-bond donors (Lipinski definition) is 1. The molecule has 1 unspecified atom stereocenters. The van der Waals surface area contributed by atoms with E-state index >= 15 is 0 Å². The van der Waals surface area contributed by atoms with Crippen LogP contribution in [0, 0.1) is 0 Å². The molecule has 1 aliphatic heterocycles. The maximum Gasteiger partial charge on any atom is 0.0208 e. The third-order valence-corrected chi connectivity index (χ3v) is 3.03. The van der Waals surface area contributed by atoms with Crippen molar-refractivity contribution in [2.24, 2.45) is 5.73 Å². The summed E-state index contributed by atoms with van der Waals surface area (Å²) in [5.41, 5.74) is 7.49. The van der Waals surface area contributed by atoms with Crippen molar-refractivity contribution in [3.8, 4) is 0 Å². The average molecular weight is 204 g/mol. The Kier molecular flexibility index (Phi) is 3.75. The fourth-order valence-corrected chi connectivity index (χ4v) is 2.28. The minimum atomic E-state index is 0.283. The molecule has 0 bridgehead atoms. The van der Waals surface area contributed by atoms with E-state index in [0.717, 1.165) is 13.0 Å². The topological polar surface area (TPSA) is 29.3 Å². The van der Waals surface area contributed by atoms with Crippen LogP contribution < -0.4 is 5.73 Å². The Balaban J connectivity index is 1.79. The lowest BCUT2D eigenvalue weighted by atomic mass is 10.1. The second kappa shape index (κ2) is 5.29. The van der Waals surface area contributed by atoms with Gasteiger partial charge >= 0.3 is 0 Å². The Labute approximate surface area is 92.1 Å². The number of hydrogen-bond acceptors (Lipinski definition) is 2. The van der Waals surface area contributed by atoms with Crippen LogP contribution in [0.2, 0.25) is 0 Å². The van der Waals surface area contributed by atoms with E-state index in [9.17, 15) is 0 Å². The number of benzene rings is 1. The van der Waals surface area contributed by atoms with Crippen LogP contribution >= 0.6 is 0 Å². The van der Waals surface area contributed by atoms with Crippen LogP contribution in [0.1, 0.15) is 18.4 Å². The van der Waals surface area contributed by atoms with Gasteiger partial charge in [-0.05, 0) is 37.9 Å². The summed E-state index contributed by atoms with van der Waals surface area (Å²) in [5.74, 6) is 0. The molecule has 1 aromatic carbocycles. The first kappa shape index (κ1) is 10.7. The first-order valence-corrected chi connectivity index (χ1v) is 5.86. The molecule has 1 saturated heterocycles. The fraction of sp³-hybridized carbons (Fsp3) is 0.538. The molecule has 1 atom stereocenters. The zero-order valence-electron chi connectivity index (χ0n) is 9.23. The quantitative estimate of drug-likeness (QED) is 0.808. The van der Waals surface area contributed by atoms with Crippen molar-refractivity contribution < 1.29 is 0 Å². The number of nitrogens with zero attached hydrogens (tertiary/aromatic N) is 1. The van der Waals surface area contributed by atoms with Crippen molar-refractivity contribution in [1.29, 1.82) is 0 Å². The van der Waals surface area contributed by atoms with Crippen LogP contribution in [-0.2, 0) is 6.42 Å². The highest BCUT2D eigenvalue weighted by molar-refractivity contribution is 5.15. The van der Waals surface area contributed by atoms with E-state index in [-0.39, 0.29) is 6.04 Å². The van der Waals surface area contributed by atoms with Crippen molar-refractivity contribution in [3.63, 3.8) is 0 Å². The van der Waals surface area contributed by atoms with E-state index in [0.29, 0.717) is 0 Å². The van der Waals surface area contributed by atoms with Crippen LogP contribution in [0.4, 0.5) is 0 Å². The summed E-state index contributed by atoms with van der Waals surface area (Å²) in [6, 6.07) is 10.8. The average Bonchev–Trinajstić information content (AvgIpc) is 2.71. The second-order valence-corrected chi connectivity index (χ2v) is 4.46. The summed E-state index contributed by atoms with van der Waals surface area (Å²) in [6.45, 7) is 3.53. The van der Waals surface area contributed by atoms with Gasteiger partial charge in [-0.15, -0.1) is 0 Å². The van der Waals surface area contributed by atoms with E-state index in [1.54, 1.807) is 0 Å². The molecule has 0 aliphatic carbocycles. The SMILES string of the molecule is NC(Cc1ccccc1)CN1CCCC1. The van der Waals surface area contributed by atoms with Gasteiger partial charge in [0.1, 0.15) is 0 Å². The monoisotopic (exact) mass is 204 g/mol. The summed E-state index contributed by atoms with van der Waals surface area (Å²) in [7, 11) is 0. The summed E-state index contributed by atoms with van der Waals surface area (Å²) in [5, 5.41) is 0. The van der Waals surface area contributed by atoms with Gasteiger partial charge in [-0.1, -0.05) is 30.3 Å². The van der Waals surface area contributed by atoms with Crippen LogP contribution in [0.25, 0.3) is 0 Å². The summed E-state index contributed by atoms with van der Waals surface area (Å²) in [6.07, 6.45) is 3.69. The predicted octanol–water partition coefficient (Wildman–Crippen LogP) is 1.65. The molecule has 1 aliphatic rings. The van der Waals surface area contributed by atoms with Crippen LogP contribution in [-0.4, -0.2) is 30.6 Å². The fourth-order valence-electron chi connectivity index (χ4n) is 2.28. The largest absolute Gasteiger partial charge is 0.326 e. The van der Waals surface area contributed by atoms with Crippen LogP contribution in [0.5, 0.6) is 0 Å². The molecule has 1 heterocycles. The molecule has 0 radical (unpaired) electrons. The normalized spacial score (nSPS) is 19.3. The summed E-state index contributed by atoms with van der Waals surface area (Å²) in [4.78, 5) is 2.48. The third-order valence-electron chi connectivity index (χ3n) is 3.03. The summed E-state index contributed by atoms with van der Waals surface area (Å²) >= 11 is 0. The Morgan fingerprint density at radius 1 is 1.13 bits per heavy atom. The third kappa shape index (κ3) is 3.33. The first-order valence-electron chi connectivity index (χ1n) is 5.86. The number of rotatable bonds is 4. The smallest absolute Gasteiger partial charge is 0.0208 e. The standard InChI is InChI=1S/C13H20N2/c14-13(11-15-8-4-5-9-15)10-12-6-2-1-3-7-12/h1-3,6-7,13H,4-5,8-11,14H2. The Bertz CT molecular complexity index is 278. The van der Waals surface area contributed by atoms with Gasteiger partial charge in [0.05, 0.1) is 0 Å². The molecule has 0 amide bonds.